The number of carbonyl (C=O) groups excluding carboxylic acids is 1. The molecule has 1 N–H and O–H groups in total. The number of carbonyl (C=O) groups is 1. The van der Waals surface area contributed by atoms with Crippen LogP contribution in [-0.2, 0) is 13.9 Å². The van der Waals surface area contributed by atoms with Gasteiger partial charge in [-0.15, -0.1) is 0 Å². The molecule has 0 radical (unpaired) electrons. The number of ether oxygens (including phenoxy) is 2. The second-order valence-electron chi connectivity index (χ2n) is 10.8. The zero-order chi connectivity index (χ0) is 24.3. The fourth-order valence-electron chi connectivity index (χ4n) is 4.25. The van der Waals surface area contributed by atoms with E-state index in [2.05, 4.69) is 54.1 Å². The van der Waals surface area contributed by atoms with Gasteiger partial charge in [0.15, 0.2) is 31.5 Å². The van der Waals surface area contributed by atoms with Crippen molar-refractivity contribution in [3.8, 4) is 0 Å². The van der Waals surface area contributed by atoms with Crippen LogP contribution in [0.2, 0.25) is 18.1 Å². The lowest BCUT2D eigenvalue weighted by Gasteiger charge is -2.40. The van der Waals surface area contributed by atoms with Crippen LogP contribution in [0.3, 0.4) is 0 Å². The van der Waals surface area contributed by atoms with Gasteiger partial charge >= 0.3 is 0 Å². The Balaban J connectivity index is 1.43. The largest absolute Gasteiger partial charge is 0.408 e. The molecule has 1 amide bonds. The van der Waals surface area contributed by atoms with Gasteiger partial charge < -0.3 is 19.2 Å². The lowest BCUT2D eigenvalue weighted by Crippen LogP contribution is -2.50. The summed E-state index contributed by atoms with van der Waals surface area (Å²) in [5.41, 5.74) is 1.04. The minimum Gasteiger partial charge on any atom is -0.408 e. The molecule has 3 aromatic rings. The van der Waals surface area contributed by atoms with E-state index in [4.69, 9.17) is 13.9 Å². The number of nitrogens with zero attached hydrogens (tertiary/aromatic N) is 4. The molecule has 2 fully saturated rings. The summed E-state index contributed by atoms with van der Waals surface area (Å²) in [7, 11) is -2.05. The van der Waals surface area contributed by atoms with Crippen molar-refractivity contribution in [3.63, 3.8) is 0 Å². The van der Waals surface area contributed by atoms with Crippen LogP contribution in [-0.4, -0.2) is 58.2 Å². The van der Waals surface area contributed by atoms with Crippen LogP contribution in [0.1, 0.15) is 44.3 Å². The van der Waals surface area contributed by atoms with Crippen LogP contribution in [0.5, 0.6) is 0 Å². The van der Waals surface area contributed by atoms with Crippen molar-refractivity contribution in [2.24, 2.45) is 0 Å². The van der Waals surface area contributed by atoms with E-state index in [0.29, 0.717) is 29.2 Å². The topological polar surface area (TPSA) is 100 Å². The lowest BCUT2D eigenvalue weighted by atomic mass is 10.0. The molecule has 9 nitrogen and oxygen atoms in total. The predicted octanol–water partition coefficient (Wildman–Crippen LogP) is 4.16. The van der Waals surface area contributed by atoms with Crippen LogP contribution in [0.25, 0.3) is 11.2 Å². The number of hydrogen-bond acceptors (Lipinski definition) is 7. The van der Waals surface area contributed by atoms with Crippen LogP contribution >= 0.6 is 0 Å². The first-order valence-electron chi connectivity index (χ1n) is 11.5. The minimum absolute atomic E-state index is 0.0711. The van der Waals surface area contributed by atoms with E-state index < -0.39 is 20.1 Å². The van der Waals surface area contributed by atoms with Gasteiger partial charge in [0.05, 0.1) is 12.9 Å². The quantitative estimate of drug-likeness (QED) is 0.546. The molecule has 4 atom stereocenters. The fraction of sp³-hybridized carbons (Fsp3) is 0.500. The maximum absolute atomic E-state index is 12.7. The smallest absolute Gasteiger partial charge is 0.256 e. The molecule has 0 aliphatic carbocycles. The van der Waals surface area contributed by atoms with Gasteiger partial charge in [-0.05, 0) is 37.2 Å². The van der Waals surface area contributed by atoms with Crippen LogP contribution < -0.4 is 5.32 Å². The average Bonchev–Trinajstić information content (AvgIpc) is 3.42. The summed E-state index contributed by atoms with van der Waals surface area (Å²) in [5.74, 6) is 0.0898. The van der Waals surface area contributed by atoms with Crippen LogP contribution in [0, 0.1) is 0 Å². The van der Waals surface area contributed by atoms with Crippen molar-refractivity contribution in [2.75, 3.05) is 11.9 Å². The van der Waals surface area contributed by atoms with Gasteiger partial charge in [-0.1, -0.05) is 39.0 Å². The van der Waals surface area contributed by atoms with Crippen molar-refractivity contribution in [3.05, 3.63) is 48.5 Å². The van der Waals surface area contributed by atoms with Gasteiger partial charge in [0.1, 0.15) is 24.1 Å². The van der Waals surface area contributed by atoms with Crippen molar-refractivity contribution in [1.82, 2.24) is 19.5 Å². The monoisotopic (exact) mass is 481 g/mol. The highest BCUT2D eigenvalue weighted by molar-refractivity contribution is 6.74. The maximum Gasteiger partial charge on any atom is 0.256 e. The summed E-state index contributed by atoms with van der Waals surface area (Å²) in [6, 6.07) is 8.98. The molecule has 0 saturated carbocycles. The highest BCUT2D eigenvalue weighted by Crippen LogP contribution is 2.50. The summed E-state index contributed by atoms with van der Waals surface area (Å²) < 4.78 is 21.3. The molecule has 2 bridgehead atoms. The first-order valence-corrected chi connectivity index (χ1v) is 14.4. The molecule has 0 spiro atoms. The van der Waals surface area contributed by atoms with E-state index >= 15 is 0 Å². The number of hydrogen-bond donors (Lipinski definition) is 1. The molecule has 2 aliphatic heterocycles. The first kappa shape index (κ1) is 23.1. The number of imidazole rings is 1. The number of benzene rings is 1. The van der Waals surface area contributed by atoms with Gasteiger partial charge in [-0.2, -0.15) is 0 Å². The second kappa shape index (κ2) is 7.94. The lowest BCUT2D eigenvalue weighted by molar-refractivity contribution is -0.164. The number of rotatable bonds is 5. The Bertz CT molecular complexity index is 1230. The third-order valence-electron chi connectivity index (χ3n) is 7.26. The highest BCUT2D eigenvalue weighted by Gasteiger charge is 2.62. The zero-order valence-electron chi connectivity index (χ0n) is 20.4. The molecule has 2 saturated heterocycles. The van der Waals surface area contributed by atoms with E-state index in [9.17, 15) is 4.79 Å². The predicted molar refractivity (Wildman–Crippen MR) is 130 cm³/mol. The van der Waals surface area contributed by atoms with E-state index in [0.717, 1.165) is 0 Å². The number of anilines is 1. The summed E-state index contributed by atoms with van der Waals surface area (Å²) in [6.07, 6.45) is 2.18. The maximum atomic E-state index is 12.7. The van der Waals surface area contributed by atoms with Gasteiger partial charge in [0, 0.05) is 5.56 Å². The van der Waals surface area contributed by atoms with Crippen molar-refractivity contribution < 1.29 is 18.7 Å². The molecule has 2 aliphatic rings. The molecule has 4 heterocycles. The van der Waals surface area contributed by atoms with E-state index in [1.54, 1.807) is 18.5 Å². The molecular weight excluding hydrogens is 450 g/mol. The summed E-state index contributed by atoms with van der Waals surface area (Å²) >= 11 is 0. The Morgan fingerprint density at radius 1 is 1.21 bits per heavy atom. The minimum atomic E-state index is -2.05. The Morgan fingerprint density at radius 2 is 1.94 bits per heavy atom. The standard InChI is InChI=1S/C24H31N5O4Si/c1-23(2,3)34(5,6)33-18-17-22(32-24(18,4)12-31-17)29-14-27-16-19(25-13-26-20(16)29)28-21(30)15-10-8-7-9-11-15/h7-11,13-14,17-18,22H,12H2,1-6H3,(H,25,26,28,30)/t17?,18-,22-,24+/m1/s1. The van der Waals surface area contributed by atoms with Crippen LogP contribution in [0.4, 0.5) is 5.82 Å². The summed E-state index contributed by atoms with van der Waals surface area (Å²) in [5, 5.41) is 2.92. The van der Waals surface area contributed by atoms with Gasteiger partial charge in [0.2, 0.25) is 0 Å². The van der Waals surface area contributed by atoms with Crippen molar-refractivity contribution in [2.45, 2.75) is 69.9 Å². The Hall–Kier alpha value is -2.66. The zero-order valence-corrected chi connectivity index (χ0v) is 21.4. The SMILES string of the molecule is CC(C)(C)[Si](C)(C)O[C@@H]1C2OC[C@]1(C)O[C@H]2n1cnc2c(NC(=O)c3ccccc3)ncnc21. The Morgan fingerprint density at radius 3 is 2.65 bits per heavy atom. The molecule has 180 valence electrons. The number of fused-ring (bicyclic) bond motifs is 3. The molecule has 5 rings (SSSR count). The normalized spacial score (nSPS) is 26.8. The van der Waals surface area contributed by atoms with E-state index in [-0.39, 0.29) is 23.2 Å². The fourth-order valence-corrected chi connectivity index (χ4v) is 5.63. The molecule has 1 unspecified atom stereocenters. The van der Waals surface area contributed by atoms with Gasteiger partial charge in [0.25, 0.3) is 5.91 Å². The summed E-state index contributed by atoms with van der Waals surface area (Å²) in [6.45, 7) is 13.7. The average molecular weight is 482 g/mol. The molecule has 10 heteroatoms. The number of amides is 1. The van der Waals surface area contributed by atoms with Crippen LogP contribution in [0.15, 0.2) is 43.0 Å². The molecule has 34 heavy (non-hydrogen) atoms. The van der Waals surface area contributed by atoms with Gasteiger partial charge in [-0.3, -0.25) is 9.36 Å². The van der Waals surface area contributed by atoms with Crippen molar-refractivity contribution in [1.29, 1.82) is 0 Å². The Labute approximate surface area is 200 Å². The van der Waals surface area contributed by atoms with E-state index in [1.807, 2.05) is 29.7 Å². The molecule has 2 aromatic heterocycles. The van der Waals surface area contributed by atoms with Crippen molar-refractivity contribution >= 4 is 31.2 Å². The summed E-state index contributed by atoms with van der Waals surface area (Å²) in [4.78, 5) is 25.9. The van der Waals surface area contributed by atoms with E-state index in [1.165, 1.54) is 6.33 Å². The molecule has 1 aromatic carbocycles. The third kappa shape index (κ3) is 3.74. The highest BCUT2D eigenvalue weighted by atomic mass is 28.4. The molecular formula is C24H31N5O4Si. The van der Waals surface area contributed by atoms with Gasteiger partial charge in [-0.25, -0.2) is 15.0 Å². The number of aromatic nitrogens is 4. The first-order chi connectivity index (χ1) is 16.0. The third-order valence-corrected chi connectivity index (χ3v) is 11.7. The second-order valence-corrected chi connectivity index (χ2v) is 15.5. The number of nitrogens with one attached hydrogen (secondary N) is 1. The Kier molecular flexibility index (Phi) is 5.40.